The van der Waals surface area contributed by atoms with Gasteiger partial charge in [-0.3, -0.25) is 0 Å². The van der Waals surface area contributed by atoms with Gasteiger partial charge in [0.05, 0.1) is 6.04 Å². The summed E-state index contributed by atoms with van der Waals surface area (Å²) in [6.07, 6.45) is 3.77. The van der Waals surface area contributed by atoms with E-state index >= 15 is 0 Å². The fourth-order valence-corrected chi connectivity index (χ4v) is 3.11. The van der Waals surface area contributed by atoms with Crippen molar-refractivity contribution in [2.75, 3.05) is 0 Å². The number of nitrogens with one attached hydrogen (secondary N) is 2. The smallest absolute Gasteiger partial charge is 0.387 e. The summed E-state index contributed by atoms with van der Waals surface area (Å²) in [4.78, 5) is 11.5. The van der Waals surface area contributed by atoms with E-state index in [0.717, 1.165) is 17.1 Å². The Kier molecular flexibility index (Phi) is 5.04. The minimum atomic E-state index is -4.37. The van der Waals surface area contributed by atoms with Crippen molar-refractivity contribution in [1.29, 1.82) is 0 Å². The molecule has 2 N–H and O–H groups in total. The minimum Gasteiger partial charge on any atom is -0.433 e. The molecule has 7 nitrogen and oxygen atoms in total. The van der Waals surface area contributed by atoms with Crippen molar-refractivity contribution in [3.63, 3.8) is 0 Å². The van der Waals surface area contributed by atoms with Crippen LogP contribution in [0.5, 0.6) is 5.75 Å². The van der Waals surface area contributed by atoms with Crippen molar-refractivity contribution in [1.82, 2.24) is 15.2 Å². The third-order valence-corrected chi connectivity index (χ3v) is 4.44. The highest BCUT2D eigenvalue weighted by atomic mass is 32.2. The molecule has 0 bridgehead atoms. The molecule has 126 valence electrons. The van der Waals surface area contributed by atoms with Gasteiger partial charge < -0.3 is 10.2 Å². The van der Waals surface area contributed by atoms with Crippen LogP contribution in [0.15, 0.2) is 41.4 Å². The van der Waals surface area contributed by atoms with Crippen LogP contribution in [0.1, 0.15) is 13.3 Å². The SMILES string of the molecule is CCC1C=CNN1C(=O)NS(=O)(=O)c1ccccc1OC(F)F. The average molecular weight is 347 g/mol. The highest BCUT2D eigenvalue weighted by Crippen LogP contribution is 2.25. The zero-order chi connectivity index (χ0) is 17.0. The molecule has 0 aromatic heterocycles. The third kappa shape index (κ3) is 3.89. The van der Waals surface area contributed by atoms with Crippen molar-refractivity contribution in [3.05, 3.63) is 36.5 Å². The van der Waals surface area contributed by atoms with Crippen LogP contribution in [0.4, 0.5) is 13.6 Å². The number of carbonyl (C=O) groups is 1. The molecule has 1 aromatic carbocycles. The lowest BCUT2D eigenvalue weighted by atomic mass is 10.2. The van der Waals surface area contributed by atoms with Gasteiger partial charge in [0.25, 0.3) is 10.0 Å². The Morgan fingerprint density at radius 3 is 2.78 bits per heavy atom. The second-order valence-electron chi connectivity index (χ2n) is 4.57. The summed E-state index contributed by atoms with van der Waals surface area (Å²) in [6.45, 7) is -1.36. The van der Waals surface area contributed by atoms with Gasteiger partial charge in [-0.1, -0.05) is 19.1 Å². The van der Waals surface area contributed by atoms with Gasteiger partial charge in [-0.2, -0.15) is 8.78 Å². The number of para-hydroxylation sites is 1. The fourth-order valence-electron chi connectivity index (χ4n) is 2.03. The van der Waals surface area contributed by atoms with E-state index in [9.17, 15) is 22.0 Å². The van der Waals surface area contributed by atoms with Crippen molar-refractivity contribution in [2.45, 2.75) is 30.9 Å². The summed E-state index contributed by atoms with van der Waals surface area (Å²) < 4.78 is 55.3. The predicted molar refractivity (Wildman–Crippen MR) is 77.0 cm³/mol. The number of carbonyl (C=O) groups excluding carboxylic acids is 1. The Morgan fingerprint density at radius 2 is 2.13 bits per heavy atom. The number of ether oxygens (including phenoxy) is 1. The fraction of sp³-hybridized carbons (Fsp3) is 0.308. The van der Waals surface area contributed by atoms with E-state index in [-0.39, 0.29) is 6.04 Å². The summed E-state index contributed by atoms with van der Waals surface area (Å²) in [6, 6.07) is 3.60. The van der Waals surface area contributed by atoms with Crippen molar-refractivity contribution in [2.24, 2.45) is 0 Å². The maximum Gasteiger partial charge on any atom is 0.387 e. The number of hydrogen-bond donors (Lipinski definition) is 2. The van der Waals surface area contributed by atoms with Crippen molar-refractivity contribution in [3.8, 4) is 5.75 Å². The van der Waals surface area contributed by atoms with E-state index in [4.69, 9.17) is 0 Å². The monoisotopic (exact) mass is 347 g/mol. The maximum absolute atomic E-state index is 12.4. The number of hydrogen-bond acceptors (Lipinski definition) is 5. The van der Waals surface area contributed by atoms with Crippen LogP contribution in [0.3, 0.4) is 0 Å². The molecule has 2 rings (SSSR count). The molecule has 1 aliphatic rings. The summed E-state index contributed by atoms with van der Waals surface area (Å²) >= 11 is 0. The van der Waals surface area contributed by atoms with Gasteiger partial charge in [0.1, 0.15) is 10.6 Å². The molecular weight excluding hydrogens is 332 g/mol. The first kappa shape index (κ1) is 17.0. The van der Waals surface area contributed by atoms with Gasteiger partial charge in [0.2, 0.25) is 0 Å². The Labute approximate surface area is 131 Å². The zero-order valence-electron chi connectivity index (χ0n) is 12.1. The highest BCUT2D eigenvalue weighted by molar-refractivity contribution is 7.90. The standard InChI is InChI=1S/C13H15F2N3O4S/c1-2-9-7-8-16-18(9)13(19)17-23(20,21)11-6-4-3-5-10(11)22-12(14)15/h3-9,12,16H,2H2,1H3,(H,17,19). The zero-order valence-corrected chi connectivity index (χ0v) is 12.9. The first-order chi connectivity index (χ1) is 10.8. The molecule has 1 aliphatic heterocycles. The number of urea groups is 1. The Morgan fingerprint density at radius 1 is 1.43 bits per heavy atom. The number of alkyl halides is 2. The first-order valence-corrected chi connectivity index (χ1v) is 8.16. The van der Waals surface area contributed by atoms with Crippen LogP contribution < -0.4 is 14.9 Å². The molecule has 1 atom stereocenters. The number of benzene rings is 1. The van der Waals surface area contributed by atoms with E-state index in [1.165, 1.54) is 18.3 Å². The quantitative estimate of drug-likeness (QED) is 0.848. The van der Waals surface area contributed by atoms with Crippen LogP contribution in [-0.4, -0.2) is 32.1 Å². The van der Waals surface area contributed by atoms with Crippen LogP contribution in [0.25, 0.3) is 0 Å². The Bertz CT molecular complexity index is 709. The second-order valence-corrected chi connectivity index (χ2v) is 6.22. The molecule has 1 aromatic rings. The first-order valence-electron chi connectivity index (χ1n) is 6.68. The summed E-state index contributed by atoms with van der Waals surface area (Å²) in [5, 5.41) is 1.09. The molecule has 10 heteroatoms. The molecule has 0 saturated heterocycles. The van der Waals surface area contributed by atoms with E-state index in [1.807, 2.05) is 11.6 Å². The largest absolute Gasteiger partial charge is 0.433 e. The molecule has 0 saturated carbocycles. The average Bonchev–Trinajstić information content (AvgIpc) is 2.95. The van der Waals surface area contributed by atoms with Crippen LogP contribution in [0.2, 0.25) is 0 Å². The van der Waals surface area contributed by atoms with Gasteiger partial charge in [-0.15, -0.1) is 0 Å². The van der Waals surface area contributed by atoms with E-state index in [0.29, 0.717) is 6.42 Å². The molecule has 2 amide bonds. The molecule has 0 spiro atoms. The van der Waals surface area contributed by atoms with Crippen LogP contribution in [-0.2, 0) is 10.0 Å². The number of amides is 2. The number of halogens is 2. The van der Waals surface area contributed by atoms with Gasteiger partial charge in [0.15, 0.2) is 0 Å². The maximum atomic E-state index is 12.4. The molecule has 1 heterocycles. The van der Waals surface area contributed by atoms with Gasteiger partial charge in [-0.25, -0.2) is 22.9 Å². The second kappa shape index (κ2) is 6.82. The third-order valence-electron chi connectivity index (χ3n) is 3.08. The van der Waals surface area contributed by atoms with Crippen molar-refractivity contribution < 1.29 is 26.7 Å². The highest BCUT2D eigenvalue weighted by Gasteiger charge is 2.29. The van der Waals surface area contributed by atoms with E-state index in [2.05, 4.69) is 10.2 Å². The van der Waals surface area contributed by atoms with Crippen molar-refractivity contribution >= 4 is 16.1 Å². The van der Waals surface area contributed by atoms with Crippen LogP contribution >= 0.6 is 0 Å². The molecule has 23 heavy (non-hydrogen) atoms. The summed E-state index contributed by atoms with van der Waals surface area (Å²) in [7, 11) is -4.37. The topological polar surface area (TPSA) is 87.7 Å². The lowest BCUT2D eigenvalue weighted by Gasteiger charge is -2.23. The number of rotatable bonds is 5. The van der Waals surface area contributed by atoms with E-state index < -0.39 is 33.3 Å². The minimum absolute atomic E-state index is 0.308. The Hall–Kier alpha value is -2.36. The molecular formula is C13H15F2N3O4S. The summed E-state index contributed by atoms with van der Waals surface area (Å²) in [5.41, 5.74) is 2.60. The lowest BCUT2D eigenvalue weighted by molar-refractivity contribution is -0.0517. The normalized spacial score (nSPS) is 17.2. The Balaban J connectivity index is 2.21. The van der Waals surface area contributed by atoms with Crippen LogP contribution in [0, 0.1) is 0 Å². The number of nitrogens with zero attached hydrogens (tertiary/aromatic N) is 1. The van der Waals surface area contributed by atoms with Gasteiger partial charge >= 0.3 is 12.6 Å². The number of sulfonamides is 1. The lowest BCUT2D eigenvalue weighted by Crippen LogP contribution is -2.49. The summed E-state index contributed by atoms with van der Waals surface area (Å²) in [5.74, 6) is -0.539. The molecule has 0 fully saturated rings. The number of hydrazine groups is 1. The molecule has 0 aliphatic carbocycles. The van der Waals surface area contributed by atoms with Gasteiger partial charge in [0, 0.05) is 6.20 Å². The molecule has 1 unspecified atom stereocenters. The molecule has 0 radical (unpaired) electrons. The van der Waals surface area contributed by atoms with Gasteiger partial charge in [-0.05, 0) is 24.6 Å². The predicted octanol–water partition coefficient (Wildman–Crippen LogP) is 1.80. The van der Waals surface area contributed by atoms with E-state index in [1.54, 1.807) is 6.08 Å².